The maximum absolute atomic E-state index is 13.3. The molecule has 4 rings (SSSR count). The molecule has 0 radical (unpaired) electrons. The van der Waals surface area contributed by atoms with Crippen LogP contribution < -0.4 is 20.3 Å². The van der Waals surface area contributed by atoms with E-state index in [-0.39, 0.29) is 33.2 Å². The molecule has 1 aliphatic heterocycles. The zero-order chi connectivity index (χ0) is 29.0. The van der Waals surface area contributed by atoms with E-state index in [1.54, 1.807) is 24.3 Å². The quantitative estimate of drug-likeness (QED) is 0.204. The summed E-state index contributed by atoms with van der Waals surface area (Å²) in [6, 6.07) is 13.9. The van der Waals surface area contributed by atoms with Crippen LogP contribution in [0.15, 0.2) is 70.7 Å². The topological polar surface area (TPSA) is 131 Å². The molecule has 1 heterocycles. The number of hydrogen-bond acceptors (Lipinski definition) is 7. The minimum atomic E-state index is -0.956. The Labute approximate surface area is 246 Å². The number of nitrogens with one attached hydrogen (secondary N) is 2. The van der Waals surface area contributed by atoms with E-state index in [1.807, 2.05) is 0 Å². The molecule has 1 fully saturated rings. The van der Waals surface area contributed by atoms with E-state index < -0.39 is 36.3 Å². The lowest BCUT2D eigenvalue weighted by atomic mass is 10.1. The molecule has 3 aromatic carbocycles. The largest absolute Gasteiger partial charge is 0.483 e. The highest BCUT2D eigenvalue weighted by Crippen LogP contribution is 2.29. The highest BCUT2D eigenvalue weighted by Gasteiger charge is 2.37. The molecule has 0 aromatic heterocycles. The number of rotatable bonds is 7. The number of carbonyl (C=O) groups excluding carboxylic acids is 5. The Morgan fingerprint density at radius 1 is 1.00 bits per heavy atom. The third-order valence-electron chi connectivity index (χ3n) is 5.48. The molecule has 2 N–H and O–H groups in total. The molecule has 0 saturated carbocycles. The van der Waals surface area contributed by atoms with Crippen LogP contribution in [0, 0.1) is 0 Å². The van der Waals surface area contributed by atoms with E-state index >= 15 is 0 Å². The van der Waals surface area contributed by atoms with Crippen LogP contribution in [0.5, 0.6) is 5.75 Å². The normalized spacial score (nSPS) is 14.2. The smallest absolute Gasteiger partial charge is 0.337 e. The number of ether oxygens (including phenoxy) is 2. The second-order valence-electron chi connectivity index (χ2n) is 8.14. The minimum Gasteiger partial charge on any atom is -0.483 e. The summed E-state index contributed by atoms with van der Waals surface area (Å²) in [7, 11) is 1.22. The molecule has 0 unspecified atom stereocenters. The summed E-state index contributed by atoms with van der Waals surface area (Å²) >= 11 is 15.2. The predicted molar refractivity (Wildman–Crippen MR) is 152 cm³/mol. The van der Waals surface area contributed by atoms with Gasteiger partial charge in [-0.25, -0.2) is 14.5 Å². The van der Waals surface area contributed by atoms with Crippen molar-refractivity contribution in [3.05, 3.63) is 91.9 Å². The highest BCUT2D eigenvalue weighted by atomic mass is 79.9. The van der Waals surface area contributed by atoms with Crippen molar-refractivity contribution in [3.63, 3.8) is 0 Å². The van der Waals surface area contributed by atoms with Gasteiger partial charge in [0.05, 0.1) is 28.4 Å². The summed E-state index contributed by atoms with van der Waals surface area (Å²) in [4.78, 5) is 63.4. The second-order valence-corrected chi connectivity index (χ2v) is 9.87. The summed E-state index contributed by atoms with van der Waals surface area (Å²) in [6.07, 6.45) is 1.25. The number of barbiturate groups is 1. The molecule has 1 saturated heterocycles. The van der Waals surface area contributed by atoms with Crippen LogP contribution in [-0.2, 0) is 19.1 Å². The fraction of sp³-hybridized carbons (Fsp3) is 0.0741. The number of halogens is 3. The molecule has 0 bridgehead atoms. The number of amides is 5. The van der Waals surface area contributed by atoms with E-state index in [0.29, 0.717) is 15.2 Å². The lowest BCUT2D eigenvalue weighted by molar-refractivity contribution is -0.122. The van der Waals surface area contributed by atoms with Crippen LogP contribution in [0.3, 0.4) is 0 Å². The van der Waals surface area contributed by atoms with E-state index in [1.165, 1.54) is 49.6 Å². The number of hydrogen-bond donors (Lipinski definition) is 2. The molecule has 3 aromatic rings. The average Bonchev–Trinajstić information content (AvgIpc) is 2.92. The van der Waals surface area contributed by atoms with Gasteiger partial charge in [0, 0.05) is 15.7 Å². The van der Waals surface area contributed by atoms with E-state index in [4.69, 9.17) is 27.9 Å². The first kappa shape index (κ1) is 28.8. The predicted octanol–water partition coefficient (Wildman–Crippen LogP) is 5.23. The molecular weight excluding hydrogens is 629 g/mol. The summed E-state index contributed by atoms with van der Waals surface area (Å²) < 4.78 is 10.9. The molecule has 204 valence electrons. The number of benzene rings is 3. The summed E-state index contributed by atoms with van der Waals surface area (Å²) in [6.45, 7) is -0.407. The van der Waals surface area contributed by atoms with Crippen LogP contribution in [0.25, 0.3) is 6.08 Å². The molecule has 1 aliphatic rings. The maximum Gasteiger partial charge on any atom is 0.337 e. The van der Waals surface area contributed by atoms with E-state index in [0.717, 1.165) is 4.90 Å². The Kier molecular flexibility index (Phi) is 8.88. The average molecular weight is 647 g/mol. The van der Waals surface area contributed by atoms with Crippen LogP contribution in [-0.4, -0.2) is 43.4 Å². The summed E-state index contributed by atoms with van der Waals surface area (Å²) in [5, 5.41) is 5.36. The first-order valence-corrected chi connectivity index (χ1v) is 12.9. The number of anilines is 2. The molecule has 5 amide bonds. The Morgan fingerprint density at radius 2 is 1.73 bits per heavy atom. The Balaban J connectivity index is 1.56. The fourth-order valence-electron chi connectivity index (χ4n) is 3.59. The van der Waals surface area contributed by atoms with Crippen molar-refractivity contribution in [1.29, 1.82) is 0 Å². The fourth-order valence-corrected chi connectivity index (χ4v) is 4.27. The molecule has 40 heavy (non-hydrogen) atoms. The van der Waals surface area contributed by atoms with Gasteiger partial charge < -0.3 is 14.8 Å². The van der Waals surface area contributed by atoms with Gasteiger partial charge in [0.1, 0.15) is 11.3 Å². The van der Waals surface area contributed by atoms with Gasteiger partial charge in [-0.05, 0) is 66.7 Å². The third kappa shape index (κ3) is 6.50. The number of carbonyl (C=O) groups is 5. The van der Waals surface area contributed by atoms with E-state index in [2.05, 4.69) is 31.3 Å². The number of esters is 1. The van der Waals surface area contributed by atoms with Crippen molar-refractivity contribution in [2.75, 3.05) is 23.9 Å². The molecule has 0 spiro atoms. The number of methoxy groups -OCH3 is 1. The summed E-state index contributed by atoms with van der Waals surface area (Å²) in [5.74, 6) is -2.72. The third-order valence-corrected chi connectivity index (χ3v) is 6.71. The number of nitrogens with zero attached hydrogens (tertiary/aromatic N) is 1. The maximum atomic E-state index is 13.3. The Hall–Kier alpha value is -4.19. The number of imide groups is 2. The lowest BCUT2D eigenvalue weighted by Crippen LogP contribution is -2.54. The van der Waals surface area contributed by atoms with Gasteiger partial charge >= 0.3 is 12.0 Å². The van der Waals surface area contributed by atoms with Crippen molar-refractivity contribution in [2.24, 2.45) is 0 Å². The van der Waals surface area contributed by atoms with Crippen molar-refractivity contribution < 1.29 is 33.4 Å². The van der Waals surface area contributed by atoms with Gasteiger partial charge in [-0.2, -0.15) is 0 Å². The zero-order valence-electron chi connectivity index (χ0n) is 20.5. The van der Waals surface area contributed by atoms with E-state index in [9.17, 15) is 24.0 Å². The van der Waals surface area contributed by atoms with Crippen LogP contribution in [0.2, 0.25) is 10.0 Å². The Morgan fingerprint density at radius 3 is 2.40 bits per heavy atom. The highest BCUT2D eigenvalue weighted by molar-refractivity contribution is 9.10. The molecular formula is C27H18BrCl2N3O7. The SMILES string of the molecule is COC(=O)c1ccc(N2C(=O)NC(=O)/C(=C/c3cc(Br)ccc3OCC(=O)Nc3ccc(Cl)c(Cl)c3)C2=O)cc1. The first-order chi connectivity index (χ1) is 19.1. The minimum absolute atomic E-state index is 0.123. The van der Waals surface area contributed by atoms with Crippen molar-refractivity contribution in [2.45, 2.75) is 0 Å². The monoisotopic (exact) mass is 645 g/mol. The first-order valence-electron chi connectivity index (χ1n) is 11.3. The lowest BCUT2D eigenvalue weighted by Gasteiger charge is -2.26. The molecule has 0 atom stereocenters. The van der Waals surface area contributed by atoms with Crippen LogP contribution in [0.4, 0.5) is 16.2 Å². The van der Waals surface area contributed by atoms with Crippen LogP contribution >= 0.6 is 39.1 Å². The van der Waals surface area contributed by atoms with Crippen molar-refractivity contribution in [3.8, 4) is 5.75 Å². The Bertz CT molecular complexity index is 1570. The number of urea groups is 1. The van der Waals surface area contributed by atoms with Gasteiger partial charge in [-0.1, -0.05) is 39.1 Å². The van der Waals surface area contributed by atoms with Gasteiger partial charge in [0.15, 0.2) is 6.61 Å². The van der Waals surface area contributed by atoms with Crippen molar-refractivity contribution in [1.82, 2.24) is 5.32 Å². The standard InChI is InChI=1S/C27H18BrCl2N3O7/c1-39-26(37)14-2-6-18(7-3-14)33-25(36)19(24(35)32-27(33)38)11-15-10-16(28)4-9-22(15)40-13-23(34)31-17-5-8-20(29)21(30)12-17/h2-12H,13H2,1H3,(H,31,34)(H,32,35,38)/b19-11-. The molecule has 10 nitrogen and oxygen atoms in total. The molecule has 13 heteroatoms. The van der Waals surface area contributed by atoms with Crippen LogP contribution in [0.1, 0.15) is 15.9 Å². The summed E-state index contributed by atoms with van der Waals surface area (Å²) in [5.41, 5.74) is 0.667. The van der Waals surface area contributed by atoms with Crippen molar-refractivity contribution >= 4 is 86.3 Å². The second kappa shape index (κ2) is 12.3. The van der Waals surface area contributed by atoms with Gasteiger partial charge in [0.25, 0.3) is 17.7 Å². The van der Waals surface area contributed by atoms with Gasteiger partial charge in [-0.3, -0.25) is 19.7 Å². The van der Waals surface area contributed by atoms with Gasteiger partial charge in [-0.15, -0.1) is 0 Å². The van der Waals surface area contributed by atoms with Gasteiger partial charge in [0.2, 0.25) is 0 Å². The zero-order valence-corrected chi connectivity index (χ0v) is 23.6. The molecule has 0 aliphatic carbocycles.